The molecule has 1 amide bonds. The molecule has 1 atom stereocenters. The Kier molecular flexibility index (Phi) is 9.63. The van der Waals surface area contributed by atoms with Gasteiger partial charge in [-0.05, 0) is 70.0 Å². The fourth-order valence-electron chi connectivity index (χ4n) is 4.61. The summed E-state index contributed by atoms with van der Waals surface area (Å²) in [5, 5.41) is 23.8. The molecule has 0 spiro atoms. The molecule has 0 saturated heterocycles. The summed E-state index contributed by atoms with van der Waals surface area (Å²) >= 11 is 6.24. The van der Waals surface area contributed by atoms with Gasteiger partial charge in [0.2, 0.25) is 5.91 Å². The van der Waals surface area contributed by atoms with E-state index in [1.807, 2.05) is 60.7 Å². The van der Waals surface area contributed by atoms with Crippen LogP contribution in [0.4, 0.5) is 0 Å². The smallest absolute Gasteiger partial charge is 0.309 e. The lowest BCUT2D eigenvalue weighted by molar-refractivity contribution is -0.139. The molecule has 0 radical (unpaired) electrons. The Labute approximate surface area is 259 Å². The van der Waals surface area contributed by atoms with Crippen molar-refractivity contribution in [1.82, 2.24) is 35.7 Å². The zero-order valence-electron chi connectivity index (χ0n) is 23.8. The number of tetrazole rings is 1. The van der Waals surface area contributed by atoms with Crippen LogP contribution in [-0.2, 0) is 27.2 Å². The molecule has 0 unspecified atom stereocenters. The standard InChI is InChI=1S/C33H28ClN7O3/c1-3-28-27(24-11-9-23(10-12-24)18-33(43)44-2)20-30(38-37-28)29(17-22-7-5-4-6-8-22)36-32(42)16-13-25-19-26(34)14-15-31(25)41-21-35-39-40-41/h3-16,19-21,29H,1,17-18H2,2H3,(H,36,42)/b16-13+/t29-/m0/s1. The first-order chi connectivity index (χ1) is 21.4. The molecule has 0 aliphatic carbocycles. The van der Waals surface area contributed by atoms with Crippen molar-refractivity contribution >= 4 is 35.6 Å². The first-order valence-electron chi connectivity index (χ1n) is 13.6. The zero-order chi connectivity index (χ0) is 30.9. The number of benzene rings is 3. The van der Waals surface area contributed by atoms with Gasteiger partial charge in [-0.15, -0.1) is 5.10 Å². The fourth-order valence-corrected chi connectivity index (χ4v) is 4.79. The van der Waals surface area contributed by atoms with E-state index in [-0.39, 0.29) is 18.3 Å². The molecular weight excluding hydrogens is 578 g/mol. The van der Waals surface area contributed by atoms with Gasteiger partial charge < -0.3 is 10.1 Å². The summed E-state index contributed by atoms with van der Waals surface area (Å²) < 4.78 is 6.27. The van der Waals surface area contributed by atoms with Crippen LogP contribution in [0.25, 0.3) is 29.0 Å². The fraction of sp³-hybridized carbons (Fsp3) is 0.121. The maximum Gasteiger partial charge on any atom is 0.309 e. The molecule has 0 saturated carbocycles. The predicted octanol–water partition coefficient (Wildman–Crippen LogP) is 5.24. The van der Waals surface area contributed by atoms with Gasteiger partial charge in [-0.1, -0.05) is 72.8 Å². The third-order valence-electron chi connectivity index (χ3n) is 6.83. The highest BCUT2D eigenvalue weighted by Gasteiger charge is 2.19. The number of methoxy groups -OCH3 is 1. The van der Waals surface area contributed by atoms with E-state index in [2.05, 4.69) is 37.6 Å². The molecule has 1 N–H and O–H groups in total. The number of ether oxygens (including phenoxy) is 1. The van der Waals surface area contributed by atoms with Crippen molar-refractivity contribution in [1.29, 1.82) is 0 Å². The summed E-state index contributed by atoms with van der Waals surface area (Å²) in [6.07, 6.45) is 6.85. The van der Waals surface area contributed by atoms with Crippen LogP contribution in [0.2, 0.25) is 5.02 Å². The SMILES string of the molecule is C=Cc1nnc([C@H](Cc2ccccc2)NC(=O)/C=C/c2cc(Cl)ccc2-n2cnnn2)cc1-c1ccc(CC(=O)OC)cc1. The van der Waals surface area contributed by atoms with Gasteiger partial charge >= 0.3 is 5.97 Å². The monoisotopic (exact) mass is 605 g/mol. The molecule has 44 heavy (non-hydrogen) atoms. The minimum absolute atomic E-state index is 0.177. The molecule has 220 valence electrons. The Bertz CT molecular complexity index is 1790. The van der Waals surface area contributed by atoms with Gasteiger partial charge in [0.25, 0.3) is 0 Å². The molecule has 5 rings (SSSR count). The second-order valence-corrected chi connectivity index (χ2v) is 10.2. The molecule has 5 aromatic rings. The summed E-state index contributed by atoms with van der Waals surface area (Å²) in [6.45, 7) is 3.89. The third-order valence-corrected chi connectivity index (χ3v) is 7.07. The Morgan fingerprint density at radius 3 is 2.52 bits per heavy atom. The molecule has 0 aliphatic heterocycles. The van der Waals surface area contributed by atoms with Crippen LogP contribution in [0.1, 0.15) is 34.1 Å². The molecule has 2 aromatic heterocycles. The lowest BCUT2D eigenvalue weighted by atomic mass is 9.97. The van der Waals surface area contributed by atoms with Crippen LogP contribution in [0.5, 0.6) is 0 Å². The van der Waals surface area contributed by atoms with E-state index in [4.69, 9.17) is 16.3 Å². The number of hydrogen-bond acceptors (Lipinski definition) is 8. The van der Waals surface area contributed by atoms with Crippen LogP contribution in [0.15, 0.2) is 97.8 Å². The minimum Gasteiger partial charge on any atom is -0.469 e. The van der Waals surface area contributed by atoms with Gasteiger partial charge in [-0.3, -0.25) is 9.59 Å². The molecule has 0 bridgehead atoms. The number of aromatic nitrogens is 6. The predicted molar refractivity (Wildman–Crippen MR) is 168 cm³/mol. The Morgan fingerprint density at radius 2 is 1.82 bits per heavy atom. The molecule has 11 heteroatoms. The van der Waals surface area contributed by atoms with Crippen molar-refractivity contribution in [3.63, 3.8) is 0 Å². The van der Waals surface area contributed by atoms with Gasteiger partial charge in [0.1, 0.15) is 6.33 Å². The van der Waals surface area contributed by atoms with Crippen molar-refractivity contribution in [3.8, 4) is 16.8 Å². The van der Waals surface area contributed by atoms with E-state index in [9.17, 15) is 9.59 Å². The van der Waals surface area contributed by atoms with Crippen LogP contribution in [0.3, 0.4) is 0 Å². The number of nitrogens with zero attached hydrogens (tertiary/aromatic N) is 6. The van der Waals surface area contributed by atoms with Gasteiger partial charge in [-0.25, -0.2) is 0 Å². The van der Waals surface area contributed by atoms with Gasteiger partial charge in [0, 0.05) is 22.2 Å². The van der Waals surface area contributed by atoms with Crippen LogP contribution >= 0.6 is 11.6 Å². The topological polar surface area (TPSA) is 125 Å². The van der Waals surface area contributed by atoms with Gasteiger partial charge in [0.15, 0.2) is 0 Å². The number of halogens is 1. The Morgan fingerprint density at radius 1 is 1.02 bits per heavy atom. The average Bonchev–Trinajstić information content (AvgIpc) is 3.59. The maximum absolute atomic E-state index is 13.3. The summed E-state index contributed by atoms with van der Waals surface area (Å²) in [5.74, 6) is -0.648. The number of carbonyl (C=O) groups is 2. The second kappa shape index (κ2) is 14.1. The molecule has 3 aromatic carbocycles. The van der Waals surface area contributed by atoms with Gasteiger partial charge in [0.05, 0.1) is 36.6 Å². The van der Waals surface area contributed by atoms with Crippen molar-refractivity contribution in [2.75, 3.05) is 7.11 Å². The lowest BCUT2D eigenvalue weighted by Gasteiger charge is -2.19. The number of carbonyl (C=O) groups excluding carboxylic acids is 2. The number of hydrogen-bond donors (Lipinski definition) is 1. The van der Waals surface area contributed by atoms with E-state index in [0.29, 0.717) is 34.1 Å². The van der Waals surface area contributed by atoms with Crippen molar-refractivity contribution < 1.29 is 14.3 Å². The van der Waals surface area contributed by atoms with Crippen LogP contribution < -0.4 is 5.32 Å². The van der Waals surface area contributed by atoms with E-state index >= 15 is 0 Å². The molecule has 10 nitrogen and oxygen atoms in total. The Balaban J connectivity index is 1.44. The molecule has 2 heterocycles. The largest absolute Gasteiger partial charge is 0.469 e. The summed E-state index contributed by atoms with van der Waals surface area (Å²) in [4.78, 5) is 25.0. The number of rotatable bonds is 11. The van der Waals surface area contributed by atoms with E-state index in [1.54, 1.807) is 30.4 Å². The second-order valence-electron chi connectivity index (χ2n) is 9.76. The number of amides is 1. The first-order valence-corrected chi connectivity index (χ1v) is 14.0. The molecule has 0 fully saturated rings. The van der Waals surface area contributed by atoms with Crippen molar-refractivity contribution in [2.24, 2.45) is 0 Å². The Hall–Kier alpha value is -5.48. The average molecular weight is 606 g/mol. The zero-order valence-corrected chi connectivity index (χ0v) is 24.6. The highest BCUT2D eigenvalue weighted by molar-refractivity contribution is 6.30. The molecular formula is C33H28ClN7O3. The highest BCUT2D eigenvalue weighted by atomic mass is 35.5. The van der Waals surface area contributed by atoms with Crippen LogP contribution in [-0.4, -0.2) is 49.4 Å². The van der Waals surface area contributed by atoms with E-state index in [1.165, 1.54) is 24.2 Å². The minimum atomic E-state index is -0.503. The van der Waals surface area contributed by atoms with E-state index in [0.717, 1.165) is 22.3 Å². The highest BCUT2D eigenvalue weighted by Crippen LogP contribution is 2.28. The first kappa shape index (κ1) is 30.0. The summed E-state index contributed by atoms with van der Waals surface area (Å²) in [7, 11) is 1.36. The maximum atomic E-state index is 13.3. The molecule has 0 aliphatic rings. The normalized spacial score (nSPS) is 11.7. The number of nitrogens with one attached hydrogen (secondary N) is 1. The van der Waals surface area contributed by atoms with Crippen molar-refractivity contribution in [3.05, 3.63) is 131 Å². The van der Waals surface area contributed by atoms with Crippen LogP contribution in [0, 0.1) is 0 Å². The summed E-state index contributed by atoms with van der Waals surface area (Å²) in [6, 6.07) is 24.0. The number of esters is 1. The quantitative estimate of drug-likeness (QED) is 0.160. The van der Waals surface area contributed by atoms with Gasteiger partial charge in [-0.2, -0.15) is 14.9 Å². The van der Waals surface area contributed by atoms with E-state index < -0.39 is 6.04 Å². The summed E-state index contributed by atoms with van der Waals surface area (Å²) in [5.41, 5.74) is 5.99. The lowest BCUT2D eigenvalue weighted by Crippen LogP contribution is -2.29. The van der Waals surface area contributed by atoms with Crippen molar-refractivity contribution in [2.45, 2.75) is 18.9 Å². The third kappa shape index (κ3) is 7.47.